The molecule has 0 N–H and O–H groups in total. The Morgan fingerprint density at radius 1 is 0.750 bits per heavy atom. The van der Waals surface area contributed by atoms with E-state index in [4.69, 9.17) is 4.74 Å². The van der Waals surface area contributed by atoms with Gasteiger partial charge in [-0.1, -0.05) is 24.3 Å². The van der Waals surface area contributed by atoms with E-state index in [0.717, 1.165) is 11.5 Å². The maximum absolute atomic E-state index is 5.84. The molecule has 16 heavy (non-hydrogen) atoms. The molecule has 0 aliphatic carbocycles. The van der Waals surface area contributed by atoms with Crippen molar-refractivity contribution in [1.82, 2.24) is 0 Å². The molecule has 2 aromatic carbocycles. The summed E-state index contributed by atoms with van der Waals surface area (Å²) < 4.78 is 5.84. The van der Waals surface area contributed by atoms with Gasteiger partial charge in [-0.15, -0.1) is 0 Å². The van der Waals surface area contributed by atoms with Gasteiger partial charge >= 0.3 is 0 Å². The van der Waals surface area contributed by atoms with Gasteiger partial charge in [0.2, 0.25) is 0 Å². The summed E-state index contributed by atoms with van der Waals surface area (Å²) in [6.45, 7) is 6.30. The van der Waals surface area contributed by atoms with Crippen molar-refractivity contribution in [3.05, 3.63) is 59.2 Å². The highest BCUT2D eigenvalue weighted by molar-refractivity contribution is 5.43. The Morgan fingerprint density at radius 3 is 2.06 bits per heavy atom. The van der Waals surface area contributed by atoms with Gasteiger partial charge in [-0.25, -0.2) is 0 Å². The smallest absolute Gasteiger partial charge is 0.130 e. The molecule has 82 valence electrons. The Labute approximate surface area is 96.7 Å². The Kier molecular flexibility index (Phi) is 2.95. The van der Waals surface area contributed by atoms with Gasteiger partial charge in [0.15, 0.2) is 0 Å². The number of aryl methyl sites for hydroxylation is 3. The van der Waals surface area contributed by atoms with Gasteiger partial charge in [0, 0.05) is 0 Å². The molecular weight excluding hydrogens is 196 g/mol. The van der Waals surface area contributed by atoms with Crippen LogP contribution in [0.4, 0.5) is 0 Å². The van der Waals surface area contributed by atoms with Crippen molar-refractivity contribution < 1.29 is 4.74 Å². The number of rotatable bonds is 2. The fourth-order valence-corrected chi connectivity index (χ4v) is 1.66. The van der Waals surface area contributed by atoms with E-state index < -0.39 is 0 Å². The number of benzene rings is 2. The van der Waals surface area contributed by atoms with Crippen molar-refractivity contribution in [3.63, 3.8) is 0 Å². The molecule has 0 unspecified atom stereocenters. The highest BCUT2D eigenvalue weighted by atomic mass is 16.5. The average Bonchev–Trinajstić information content (AvgIpc) is 2.27. The van der Waals surface area contributed by atoms with Crippen LogP contribution in [0.1, 0.15) is 16.7 Å². The van der Waals surface area contributed by atoms with Crippen LogP contribution in [0.5, 0.6) is 11.5 Å². The number of para-hydroxylation sites is 1. The molecule has 0 fully saturated rings. The Morgan fingerprint density at radius 2 is 1.38 bits per heavy atom. The van der Waals surface area contributed by atoms with Gasteiger partial charge < -0.3 is 4.74 Å². The fraction of sp³-hybridized carbons (Fsp3) is 0.200. The van der Waals surface area contributed by atoms with Gasteiger partial charge in [0.1, 0.15) is 11.5 Å². The topological polar surface area (TPSA) is 9.23 Å². The fourth-order valence-electron chi connectivity index (χ4n) is 1.66. The zero-order chi connectivity index (χ0) is 11.5. The Bertz CT molecular complexity index is 486. The molecule has 0 aliphatic rings. The summed E-state index contributed by atoms with van der Waals surface area (Å²) in [5.74, 6) is 1.82. The molecule has 1 nitrogen and oxygen atoms in total. The first-order valence-electron chi connectivity index (χ1n) is 5.47. The van der Waals surface area contributed by atoms with Crippen molar-refractivity contribution in [3.8, 4) is 11.5 Å². The van der Waals surface area contributed by atoms with E-state index in [1.54, 1.807) is 0 Å². The van der Waals surface area contributed by atoms with E-state index in [0.29, 0.717) is 0 Å². The maximum atomic E-state index is 5.84. The standard InChI is InChI=1S/C15H16O/c1-11-9-13(3)15(10-12(11)2)16-14-7-5-4-6-8-14/h4-10H,1-3H3. The van der Waals surface area contributed by atoms with Crippen molar-refractivity contribution in [1.29, 1.82) is 0 Å². The van der Waals surface area contributed by atoms with Crippen molar-refractivity contribution >= 4 is 0 Å². The first kappa shape index (κ1) is 10.7. The molecular formula is C15H16O. The largest absolute Gasteiger partial charge is 0.457 e. The Hall–Kier alpha value is -1.76. The second-order valence-corrected chi connectivity index (χ2v) is 4.12. The van der Waals surface area contributed by atoms with E-state index in [2.05, 4.69) is 32.9 Å². The molecule has 0 aromatic heterocycles. The van der Waals surface area contributed by atoms with Crippen LogP contribution in [0.25, 0.3) is 0 Å². The lowest BCUT2D eigenvalue weighted by Crippen LogP contribution is -1.90. The van der Waals surface area contributed by atoms with Gasteiger partial charge in [-0.05, 0) is 55.7 Å². The SMILES string of the molecule is Cc1cc(C)c(Oc2ccccc2)cc1C. The third kappa shape index (κ3) is 2.25. The van der Waals surface area contributed by atoms with Crippen LogP contribution in [-0.2, 0) is 0 Å². The summed E-state index contributed by atoms with van der Waals surface area (Å²) in [6, 6.07) is 14.1. The third-order valence-electron chi connectivity index (χ3n) is 2.76. The third-order valence-corrected chi connectivity index (χ3v) is 2.76. The highest BCUT2D eigenvalue weighted by Gasteiger charge is 2.03. The summed E-state index contributed by atoms with van der Waals surface area (Å²) in [5, 5.41) is 0. The van der Waals surface area contributed by atoms with Gasteiger partial charge in [-0.2, -0.15) is 0 Å². The lowest BCUT2D eigenvalue weighted by atomic mass is 10.1. The summed E-state index contributed by atoms with van der Waals surface area (Å²) >= 11 is 0. The van der Waals surface area contributed by atoms with Crippen molar-refractivity contribution in [2.75, 3.05) is 0 Å². The zero-order valence-corrected chi connectivity index (χ0v) is 9.95. The van der Waals surface area contributed by atoms with E-state index in [9.17, 15) is 0 Å². The summed E-state index contributed by atoms with van der Waals surface area (Å²) in [5.41, 5.74) is 3.74. The van der Waals surface area contributed by atoms with Gasteiger partial charge in [0.05, 0.1) is 0 Å². The van der Waals surface area contributed by atoms with Gasteiger partial charge in [0.25, 0.3) is 0 Å². The van der Waals surface area contributed by atoms with E-state index >= 15 is 0 Å². The van der Waals surface area contributed by atoms with Crippen LogP contribution in [0.15, 0.2) is 42.5 Å². The van der Waals surface area contributed by atoms with Crippen LogP contribution >= 0.6 is 0 Å². The van der Waals surface area contributed by atoms with E-state index in [-0.39, 0.29) is 0 Å². The molecule has 0 radical (unpaired) electrons. The lowest BCUT2D eigenvalue weighted by molar-refractivity contribution is 0.478. The molecule has 2 aromatic rings. The van der Waals surface area contributed by atoms with E-state index in [1.165, 1.54) is 16.7 Å². The Balaban J connectivity index is 2.32. The lowest BCUT2D eigenvalue weighted by Gasteiger charge is -2.11. The number of hydrogen-bond acceptors (Lipinski definition) is 1. The quantitative estimate of drug-likeness (QED) is 0.716. The molecule has 0 heterocycles. The predicted molar refractivity (Wildman–Crippen MR) is 67.2 cm³/mol. The van der Waals surface area contributed by atoms with Crippen LogP contribution < -0.4 is 4.74 Å². The minimum absolute atomic E-state index is 0.883. The molecule has 0 saturated carbocycles. The monoisotopic (exact) mass is 212 g/mol. The molecule has 0 aliphatic heterocycles. The molecule has 0 saturated heterocycles. The van der Waals surface area contributed by atoms with Crippen molar-refractivity contribution in [2.45, 2.75) is 20.8 Å². The molecule has 0 atom stereocenters. The second kappa shape index (κ2) is 4.40. The first-order valence-corrected chi connectivity index (χ1v) is 5.47. The summed E-state index contributed by atoms with van der Waals surface area (Å²) in [6.07, 6.45) is 0. The zero-order valence-electron chi connectivity index (χ0n) is 9.95. The summed E-state index contributed by atoms with van der Waals surface area (Å²) in [4.78, 5) is 0. The molecule has 0 amide bonds. The summed E-state index contributed by atoms with van der Waals surface area (Å²) in [7, 11) is 0. The maximum Gasteiger partial charge on any atom is 0.130 e. The predicted octanol–water partition coefficient (Wildman–Crippen LogP) is 4.40. The number of hydrogen-bond donors (Lipinski definition) is 0. The molecule has 2 rings (SSSR count). The van der Waals surface area contributed by atoms with E-state index in [1.807, 2.05) is 30.3 Å². The first-order chi connectivity index (χ1) is 7.66. The number of ether oxygens (including phenoxy) is 1. The average molecular weight is 212 g/mol. The molecule has 0 spiro atoms. The van der Waals surface area contributed by atoms with Gasteiger partial charge in [-0.3, -0.25) is 0 Å². The van der Waals surface area contributed by atoms with Crippen molar-refractivity contribution in [2.24, 2.45) is 0 Å². The van der Waals surface area contributed by atoms with Crippen LogP contribution in [-0.4, -0.2) is 0 Å². The molecule has 1 heteroatoms. The minimum atomic E-state index is 0.883. The highest BCUT2D eigenvalue weighted by Crippen LogP contribution is 2.27. The second-order valence-electron chi connectivity index (χ2n) is 4.12. The molecule has 0 bridgehead atoms. The van der Waals surface area contributed by atoms with Crippen LogP contribution in [0, 0.1) is 20.8 Å². The normalized spacial score (nSPS) is 10.2. The van der Waals surface area contributed by atoms with Crippen LogP contribution in [0.2, 0.25) is 0 Å². The minimum Gasteiger partial charge on any atom is -0.457 e. The van der Waals surface area contributed by atoms with Crippen LogP contribution in [0.3, 0.4) is 0 Å².